The predicted octanol–water partition coefficient (Wildman–Crippen LogP) is 3.78. The molecule has 1 aromatic rings. The topological polar surface area (TPSA) is 33.0 Å². The molecule has 0 spiro atoms. The largest absolute Gasteiger partial charge is 0.490 e. The van der Waals surface area contributed by atoms with Crippen molar-refractivity contribution in [3.8, 4) is 11.8 Å². The van der Waals surface area contributed by atoms with Crippen LogP contribution < -0.4 is 4.74 Å². The number of halogens is 1. The number of ether oxygens (including phenoxy) is 1. The van der Waals surface area contributed by atoms with Crippen molar-refractivity contribution in [1.82, 2.24) is 0 Å². The number of hydrogen-bond donors (Lipinski definition) is 0. The van der Waals surface area contributed by atoms with Gasteiger partial charge in [0.15, 0.2) is 0 Å². The quantitative estimate of drug-likeness (QED) is 0.782. The first-order valence-corrected chi connectivity index (χ1v) is 5.95. The minimum atomic E-state index is 0.295. The summed E-state index contributed by atoms with van der Waals surface area (Å²) < 4.78 is 5.87. The highest BCUT2D eigenvalue weighted by Crippen LogP contribution is 2.30. The van der Waals surface area contributed by atoms with Crippen molar-refractivity contribution in [3.63, 3.8) is 0 Å². The first kappa shape index (κ1) is 11.3. The van der Waals surface area contributed by atoms with Crippen LogP contribution in [0.25, 0.3) is 0 Å². The van der Waals surface area contributed by atoms with Gasteiger partial charge in [0.05, 0.1) is 10.6 Å². The van der Waals surface area contributed by atoms with Gasteiger partial charge in [-0.2, -0.15) is 5.26 Å². The molecular weight excluding hydrogens is 222 g/mol. The second-order valence-corrected chi connectivity index (χ2v) is 4.73. The zero-order chi connectivity index (χ0) is 11.5. The van der Waals surface area contributed by atoms with E-state index in [1.807, 2.05) is 12.1 Å². The lowest BCUT2D eigenvalue weighted by Gasteiger charge is -2.18. The molecule has 16 heavy (non-hydrogen) atoms. The Morgan fingerprint density at radius 3 is 2.81 bits per heavy atom. The Balaban J connectivity index is 2.11. The van der Waals surface area contributed by atoms with Crippen LogP contribution in [-0.2, 0) is 0 Å². The Bertz CT molecular complexity index is 424. The molecule has 3 heteroatoms. The third kappa shape index (κ3) is 2.31. The van der Waals surface area contributed by atoms with E-state index < -0.39 is 0 Å². The van der Waals surface area contributed by atoms with Gasteiger partial charge in [-0.25, -0.2) is 0 Å². The zero-order valence-corrected chi connectivity index (χ0v) is 10.00. The van der Waals surface area contributed by atoms with E-state index in [-0.39, 0.29) is 0 Å². The summed E-state index contributed by atoms with van der Waals surface area (Å²) in [5, 5.41) is 9.22. The summed E-state index contributed by atoms with van der Waals surface area (Å²) in [5.74, 6) is 1.37. The summed E-state index contributed by atoms with van der Waals surface area (Å²) in [4.78, 5) is 0. The maximum Gasteiger partial charge on any atom is 0.121 e. The molecule has 1 aliphatic carbocycles. The molecule has 2 nitrogen and oxygen atoms in total. The Labute approximate surface area is 101 Å². The SMILES string of the molecule is C[C@H]1CCCC1Oc1ccc(C#N)c(Cl)c1. The molecule has 1 fully saturated rings. The normalized spacial score (nSPS) is 24.1. The van der Waals surface area contributed by atoms with Gasteiger partial charge in [0.2, 0.25) is 0 Å². The van der Waals surface area contributed by atoms with Crippen LogP contribution in [0, 0.1) is 17.2 Å². The number of nitriles is 1. The molecule has 84 valence electrons. The number of nitrogens with zero attached hydrogens (tertiary/aromatic N) is 1. The summed E-state index contributed by atoms with van der Waals surface area (Å²) in [5.41, 5.74) is 0.494. The van der Waals surface area contributed by atoms with Crippen LogP contribution >= 0.6 is 11.6 Å². The van der Waals surface area contributed by atoms with E-state index in [4.69, 9.17) is 21.6 Å². The molecule has 0 amide bonds. The molecule has 1 unspecified atom stereocenters. The molecule has 1 aromatic carbocycles. The Morgan fingerprint density at radius 2 is 2.25 bits per heavy atom. The number of benzene rings is 1. The minimum Gasteiger partial charge on any atom is -0.490 e. The van der Waals surface area contributed by atoms with E-state index >= 15 is 0 Å². The van der Waals surface area contributed by atoms with Crippen LogP contribution in [0.5, 0.6) is 5.75 Å². The van der Waals surface area contributed by atoms with Crippen molar-refractivity contribution >= 4 is 11.6 Å². The van der Waals surface area contributed by atoms with Crippen LogP contribution in [-0.4, -0.2) is 6.10 Å². The second kappa shape index (κ2) is 4.76. The fourth-order valence-corrected chi connectivity index (χ4v) is 2.33. The van der Waals surface area contributed by atoms with Crippen LogP contribution in [0.2, 0.25) is 5.02 Å². The summed E-state index contributed by atoms with van der Waals surface area (Å²) >= 11 is 5.95. The highest BCUT2D eigenvalue weighted by atomic mass is 35.5. The summed E-state index contributed by atoms with van der Waals surface area (Å²) in [6, 6.07) is 7.29. The standard InChI is InChI=1S/C13H14ClNO/c1-9-3-2-4-13(9)16-11-6-5-10(8-15)12(14)7-11/h5-7,9,13H,2-4H2,1H3/t9-,13?/m0/s1. The van der Waals surface area contributed by atoms with Gasteiger partial charge in [0.25, 0.3) is 0 Å². The van der Waals surface area contributed by atoms with Gasteiger partial charge in [0.1, 0.15) is 17.9 Å². The molecule has 0 aliphatic heterocycles. The summed E-state index contributed by atoms with van der Waals surface area (Å²) in [6.07, 6.45) is 3.87. The van der Waals surface area contributed by atoms with Gasteiger partial charge in [-0.15, -0.1) is 0 Å². The third-order valence-corrected chi connectivity index (χ3v) is 3.44. The molecule has 0 aromatic heterocycles. The smallest absolute Gasteiger partial charge is 0.121 e. The molecule has 2 rings (SSSR count). The first-order valence-electron chi connectivity index (χ1n) is 5.57. The second-order valence-electron chi connectivity index (χ2n) is 4.32. The van der Waals surface area contributed by atoms with E-state index in [9.17, 15) is 0 Å². The third-order valence-electron chi connectivity index (χ3n) is 3.13. The van der Waals surface area contributed by atoms with Crippen LogP contribution in [0.4, 0.5) is 0 Å². The molecule has 2 atom stereocenters. The molecule has 0 bridgehead atoms. The van der Waals surface area contributed by atoms with Crippen molar-refractivity contribution in [3.05, 3.63) is 28.8 Å². The zero-order valence-electron chi connectivity index (χ0n) is 9.24. The fourth-order valence-electron chi connectivity index (χ4n) is 2.12. The lowest BCUT2D eigenvalue weighted by molar-refractivity contribution is 0.167. The maximum absolute atomic E-state index is 8.76. The average molecular weight is 236 g/mol. The Morgan fingerprint density at radius 1 is 1.44 bits per heavy atom. The van der Waals surface area contributed by atoms with Gasteiger partial charge < -0.3 is 4.74 Å². The predicted molar refractivity (Wildman–Crippen MR) is 63.6 cm³/mol. The fraction of sp³-hybridized carbons (Fsp3) is 0.462. The molecule has 0 saturated heterocycles. The van der Waals surface area contributed by atoms with E-state index in [1.165, 1.54) is 12.8 Å². The number of rotatable bonds is 2. The molecule has 0 N–H and O–H groups in total. The molecule has 0 heterocycles. The van der Waals surface area contributed by atoms with E-state index in [1.54, 1.807) is 12.1 Å². The van der Waals surface area contributed by atoms with E-state index in [2.05, 4.69) is 6.92 Å². The van der Waals surface area contributed by atoms with Crippen LogP contribution in [0.1, 0.15) is 31.7 Å². The average Bonchev–Trinajstić information content (AvgIpc) is 2.65. The Kier molecular flexibility index (Phi) is 3.36. The molecular formula is C13H14ClNO. The van der Waals surface area contributed by atoms with Crippen molar-refractivity contribution < 1.29 is 4.74 Å². The molecule has 0 radical (unpaired) electrons. The minimum absolute atomic E-state index is 0.295. The highest BCUT2D eigenvalue weighted by molar-refractivity contribution is 6.31. The van der Waals surface area contributed by atoms with Crippen LogP contribution in [0.15, 0.2) is 18.2 Å². The lowest BCUT2D eigenvalue weighted by Crippen LogP contribution is -2.18. The lowest BCUT2D eigenvalue weighted by atomic mass is 10.1. The monoisotopic (exact) mass is 235 g/mol. The van der Waals surface area contributed by atoms with Gasteiger partial charge in [0, 0.05) is 6.07 Å². The highest BCUT2D eigenvalue weighted by Gasteiger charge is 2.25. The van der Waals surface area contributed by atoms with Crippen LogP contribution in [0.3, 0.4) is 0 Å². The summed E-state index contributed by atoms with van der Waals surface area (Å²) in [7, 11) is 0. The van der Waals surface area contributed by atoms with E-state index in [0.29, 0.717) is 22.6 Å². The summed E-state index contributed by atoms with van der Waals surface area (Å²) in [6.45, 7) is 2.21. The van der Waals surface area contributed by atoms with Crippen molar-refractivity contribution in [2.24, 2.45) is 5.92 Å². The Hall–Kier alpha value is -1.20. The number of hydrogen-bond acceptors (Lipinski definition) is 2. The van der Waals surface area contributed by atoms with Crippen molar-refractivity contribution in [1.29, 1.82) is 5.26 Å². The van der Waals surface area contributed by atoms with Crippen molar-refractivity contribution in [2.75, 3.05) is 0 Å². The van der Waals surface area contributed by atoms with Gasteiger partial charge in [-0.1, -0.05) is 18.5 Å². The molecule has 1 saturated carbocycles. The molecule has 1 aliphatic rings. The van der Waals surface area contributed by atoms with E-state index in [0.717, 1.165) is 12.2 Å². The maximum atomic E-state index is 8.76. The van der Waals surface area contributed by atoms with Gasteiger partial charge >= 0.3 is 0 Å². The van der Waals surface area contributed by atoms with Gasteiger partial charge in [-0.3, -0.25) is 0 Å². The first-order chi connectivity index (χ1) is 7.70. The van der Waals surface area contributed by atoms with Gasteiger partial charge in [-0.05, 0) is 37.3 Å². The van der Waals surface area contributed by atoms with Crippen molar-refractivity contribution in [2.45, 2.75) is 32.3 Å².